The van der Waals surface area contributed by atoms with Gasteiger partial charge >= 0.3 is 0 Å². The second-order valence-electron chi connectivity index (χ2n) is 6.96. The van der Waals surface area contributed by atoms with Gasteiger partial charge in [-0.3, -0.25) is 4.79 Å². The average molecular weight is 414 g/mol. The summed E-state index contributed by atoms with van der Waals surface area (Å²) in [6, 6.07) is 21.8. The van der Waals surface area contributed by atoms with Crippen molar-refractivity contribution in [2.24, 2.45) is 0 Å². The van der Waals surface area contributed by atoms with Crippen LogP contribution in [0.3, 0.4) is 0 Å². The normalized spacial score (nSPS) is 11.8. The molecule has 0 unspecified atom stereocenters. The fourth-order valence-electron chi connectivity index (χ4n) is 3.74. The molecule has 3 aromatic carbocycles. The van der Waals surface area contributed by atoms with Gasteiger partial charge in [-0.05, 0) is 57.3 Å². The van der Waals surface area contributed by atoms with Gasteiger partial charge in [-0.15, -0.1) is 5.10 Å². The second-order valence-corrected chi connectivity index (χ2v) is 7.91. The van der Waals surface area contributed by atoms with Crippen molar-refractivity contribution in [1.29, 1.82) is 0 Å². The third-order valence-corrected chi connectivity index (χ3v) is 6.13. The molecule has 0 saturated carbocycles. The number of tetrazole rings is 1. The van der Waals surface area contributed by atoms with Crippen LogP contribution in [-0.2, 0) is 6.42 Å². The molecule has 4 aromatic rings. The predicted octanol–water partition coefficient (Wildman–Crippen LogP) is 4.22. The maximum Gasteiger partial charge on any atom is 0.214 e. The Balaban J connectivity index is 1.36. The Morgan fingerprint density at radius 2 is 1.83 bits per heavy atom. The highest BCUT2D eigenvalue weighted by atomic mass is 32.2. The van der Waals surface area contributed by atoms with E-state index in [1.807, 2.05) is 42.5 Å². The Morgan fingerprint density at radius 3 is 2.73 bits per heavy atom. The number of carbonyl (C=O) groups is 1. The zero-order valence-corrected chi connectivity index (χ0v) is 17.1. The van der Waals surface area contributed by atoms with Gasteiger partial charge in [-0.25, -0.2) is 0 Å². The number of methoxy groups -OCH3 is 1. The summed E-state index contributed by atoms with van der Waals surface area (Å²) in [5, 5.41) is 12.5. The smallest absolute Gasteiger partial charge is 0.214 e. The van der Waals surface area contributed by atoms with Gasteiger partial charge in [0, 0.05) is 5.56 Å². The quantitative estimate of drug-likeness (QED) is 0.306. The summed E-state index contributed by atoms with van der Waals surface area (Å²) in [6.45, 7) is 0. The summed E-state index contributed by atoms with van der Waals surface area (Å²) in [5.74, 6) is 0.952. The van der Waals surface area contributed by atoms with E-state index in [9.17, 15) is 4.79 Å². The largest absolute Gasteiger partial charge is 0.494 e. The Morgan fingerprint density at radius 1 is 1.03 bits per heavy atom. The van der Waals surface area contributed by atoms with Crippen molar-refractivity contribution in [3.8, 4) is 22.6 Å². The second kappa shape index (κ2) is 7.76. The standard InChI is InChI=1S/C23H18N4O2S/c1-29-22-9-5-4-8-20(22)27-23(24-25-26-27)30-14-21(28)17-11-10-16-12-15-6-2-3-7-18(15)19(16)13-17/h2-11,13H,12,14H2,1H3. The topological polar surface area (TPSA) is 69.9 Å². The molecule has 0 fully saturated rings. The van der Waals surface area contributed by atoms with Gasteiger partial charge in [0.1, 0.15) is 11.4 Å². The monoisotopic (exact) mass is 414 g/mol. The van der Waals surface area contributed by atoms with Gasteiger partial charge in [-0.1, -0.05) is 60.3 Å². The van der Waals surface area contributed by atoms with Crippen molar-refractivity contribution in [1.82, 2.24) is 20.2 Å². The summed E-state index contributed by atoms with van der Waals surface area (Å²) >= 11 is 1.31. The molecule has 7 heteroatoms. The molecule has 0 amide bonds. The maximum absolute atomic E-state index is 12.9. The van der Waals surface area contributed by atoms with Gasteiger partial charge in [-0.2, -0.15) is 4.68 Å². The number of thioether (sulfide) groups is 1. The molecule has 1 heterocycles. The van der Waals surface area contributed by atoms with Crippen LogP contribution < -0.4 is 4.74 Å². The Bertz CT molecular complexity index is 1250. The fourth-order valence-corrected chi connectivity index (χ4v) is 4.51. The number of ketones is 1. The Kier molecular flexibility index (Phi) is 4.80. The van der Waals surface area contributed by atoms with Crippen LogP contribution in [0, 0.1) is 0 Å². The first kappa shape index (κ1) is 18.6. The number of carbonyl (C=O) groups excluding carboxylic acids is 1. The molecule has 30 heavy (non-hydrogen) atoms. The van der Waals surface area contributed by atoms with Crippen molar-refractivity contribution in [3.63, 3.8) is 0 Å². The van der Waals surface area contributed by atoms with Crippen LogP contribution >= 0.6 is 11.8 Å². The number of hydrogen-bond donors (Lipinski definition) is 0. The van der Waals surface area contributed by atoms with E-state index in [1.54, 1.807) is 11.8 Å². The molecule has 5 rings (SSSR count). The lowest BCUT2D eigenvalue weighted by Gasteiger charge is -2.09. The molecule has 0 aliphatic heterocycles. The fraction of sp³-hybridized carbons (Fsp3) is 0.130. The van der Waals surface area contributed by atoms with Crippen molar-refractivity contribution in [2.75, 3.05) is 12.9 Å². The van der Waals surface area contributed by atoms with Gasteiger partial charge in [0.05, 0.1) is 12.9 Å². The van der Waals surface area contributed by atoms with E-state index >= 15 is 0 Å². The lowest BCUT2D eigenvalue weighted by molar-refractivity contribution is 0.102. The number of ether oxygens (including phenoxy) is 1. The van der Waals surface area contributed by atoms with Crippen molar-refractivity contribution in [3.05, 3.63) is 83.4 Å². The van der Waals surface area contributed by atoms with E-state index in [0.717, 1.165) is 17.7 Å². The molecular weight excluding hydrogens is 396 g/mol. The molecule has 6 nitrogen and oxygen atoms in total. The Labute approximate surface area is 177 Å². The molecule has 1 aliphatic carbocycles. The molecule has 0 N–H and O–H groups in total. The number of Topliss-reactive ketones (excluding diaryl/α,β-unsaturated/α-hetero) is 1. The summed E-state index contributed by atoms with van der Waals surface area (Å²) in [4.78, 5) is 12.9. The zero-order valence-electron chi connectivity index (χ0n) is 16.3. The van der Waals surface area contributed by atoms with E-state index in [-0.39, 0.29) is 11.5 Å². The van der Waals surface area contributed by atoms with E-state index in [2.05, 4.69) is 39.8 Å². The summed E-state index contributed by atoms with van der Waals surface area (Å²) < 4.78 is 6.99. The van der Waals surface area contributed by atoms with E-state index in [1.165, 1.54) is 28.5 Å². The van der Waals surface area contributed by atoms with Crippen LogP contribution in [0.4, 0.5) is 0 Å². The summed E-state index contributed by atoms with van der Waals surface area (Å²) in [6.07, 6.45) is 0.919. The van der Waals surface area contributed by atoms with Gasteiger partial charge < -0.3 is 4.74 Å². The molecule has 0 radical (unpaired) electrons. The van der Waals surface area contributed by atoms with Crippen LogP contribution in [0.15, 0.2) is 71.9 Å². The van der Waals surface area contributed by atoms with E-state index in [0.29, 0.717) is 16.5 Å². The minimum atomic E-state index is 0.0433. The van der Waals surface area contributed by atoms with Crippen LogP contribution in [0.5, 0.6) is 5.75 Å². The highest BCUT2D eigenvalue weighted by molar-refractivity contribution is 7.99. The van der Waals surface area contributed by atoms with Crippen molar-refractivity contribution >= 4 is 17.5 Å². The van der Waals surface area contributed by atoms with Crippen LogP contribution in [-0.4, -0.2) is 38.9 Å². The summed E-state index contributed by atoms with van der Waals surface area (Å²) in [5.41, 5.74) is 6.38. The number of benzene rings is 3. The highest BCUT2D eigenvalue weighted by Gasteiger charge is 2.20. The molecule has 0 saturated heterocycles. The minimum Gasteiger partial charge on any atom is -0.494 e. The van der Waals surface area contributed by atoms with E-state index in [4.69, 9.17) is 4.74 Å². The van der Waals surface area contributed by atoms with Gasteiger partial charge in [0.15, 0.2) is 5.78 Å². The Hall–Kier alpha value is -3.45. The van der Waals surface area contributed by atoms with Crippen LogP contribution in [0.1, 0.15) is 21.5 Å². The number of aromatic nitrogens is 4. The minimum absolute atomic E-state index is 0.0433. The number of rotatable bonds is 6. The molecule has 1 aromatic heterocycles. The number of para-hydroxylation sites is 2. The van der Waals surface area contributed by atoms with Crippen molar-refractivity contribution in [2.45, 2.75) is 11.6 Å². The molecule has 1 aliphatic rings. The van der Waals surface area contributed by atoms with Crippen molar-refractivity contribution < 1.29 is 9.53 Å². The summed E-state index contributed by atoms with van der Waals surface area (Å²) in [7, 11) is 1.60. The number of fused-ring (bicyclic) bond motifs is 3. The molecule has 0 bridgehead atoms. The third-order valence-electron chi connectivity index (χ3n) is 5.21. The average Bonchev–Trinajstić information content (AvgIpc) is 3.41. The number of hydrogen-bond acceptors (Lipinski definition) is 6. The first-order chi connectivity index (χ1) is 14.7. The first-order valence-corrected chi connectivity index (χ1v) is 10.5. The molecule has 0 atom stereocenters. The van der Waals surface area contributed by atoms with Gasteiger partial charge in [0.25, 0.3) is 0 Å². The third kappa shape index (κ3) is 3.27. The van der Waals surface area contributed by atoms with Crippen LogP contribution in [0.2, 0.25) is 0 Å². The molecular formula is C23H18N4O2S. The van der Waals surface area contributed by atoms with E-state index < -0.39 is 0 Å². The zero-order chi connectivity index (χ0) is 20.5. The maximum atomic E-state index is 12.9. The molecule has 0 spiro atoms. The van der Waals surface area contributed by atoms with Crippen LogP contribution in [0.25, 0.3) is 16.8 Å². The first-order valence-electron chi connectivity index (χ1n) is 9.53. The number of nitrogens with zero attached hydrogens (tertiary/aromatic N) is 4. The lowest BCUT2D eigenvalue weighted by Crippen LogP contribution is -2.06. The lowest BCUT2D eigenvalue weighted by atomic mass is 10.0. The highest BCUT2D eigenvalue weighted by Crippen LogP contribution is 2.37. The molecule has 148 valence electrons. The predicted molar refractivity (Wildman–Crippen MR) is 115 cm³/mol. The van der Waals surface area contributed by atoms with Gasteiger partial charge in [0.2, 0.25) is 5.16 Å². The SMILES string of the molecule is COc1ccccc1-n1nnnc1SCC(=O)c1ccc2c(c1)-c1ccccc1C2.